The molecular weight excluding hydrogens is 385 g/mol. The van der Waals surface area contributed by atoms with Gasteiger partial charge in [-0.05, 0) is 61.8 Å². The van der Waals surface area contributed by atoms with E-state index < -0.39 is 30.6 Å². The van der Waals surface area contributed by atoms with E-state index >= 15 is 0 Å². The molecule has 5 nitrogen and oxygen atoms in total. The van der Waals surface area contributed by atoms with Gasteiger partial charge < -0.3 is 15.7 Å². The topological polar surface area (TPSA) is 78.4 Å². The first-order valence-electron chi connectivity index (χ1n) is 10.1. The van der Waals surface area contributed by atoms with Crippen molar-refractivity contribution in [1.29, 1.82) is 0 Å². The average molecular weight is 410 g/mol. The van der Waals surface area contributed by atoms with Gasteiger partial charge in [-0.1, -0.05) is 24.3 Å². The Morgan fingerprint density at radius 1 is 1.03 bits per heavy atom. The number of carbonyl (C=O) groups is 2. The Hall–Kier alpha value is -2.09. The van der Waals surface area contributed by atoms with Gasteiger partial charge in [-0.3, -0.25) is 4.79 Å². The number of benzene rings is 1. The lowest BCUT2D eigenvalue weighted by Gasteiger charge is -2.56. The van der Waals surface area contributed by atoms with Crippen molar-refractivity contribution in [3.8, 4) is 0 Å². The standard InChI is InChI=1S/C21H25F3N2O3/c22-21(23,24)18(16-3-1-15(2-4-16)17(28)11-27)25-19(29)26-20-8-12-5-13(9-20)7-14(6-12)10-20/h1-4,12-14,18,27H,5-11H2,(H2,25,26,29)/t12?,13?,14?,18-,20?/m1/s1. The monoisotopic (exact) mass is 410 g/mol. The molecular formula is C21H25F3N2O3. The fourth-order valence-corrected chi connectivity index (χ4v) is 5.98. The van der Waals surface area contributed by atoms with Crippen LogP contribution in [0.1, 0.15) is 60.5 Å². The van der Waals surface area contributed by atoms with Crippen LogP contribution < -0.4 is 10.6 Å². The van der Waals surface area contributed by atoms with Crippen molar-refractivity contribution in [2.24, 2.45) is 17.8 Å². The van der Waals surface area contributed by atoms with E-state index in [0.717, 1.165) is 31.4 Å². The van der Waals surface area contributed by atoms with Crippen molar-refractivity contribution < 1.29 is 27.9 Å². The molecule has 3 N–H and O–H groups in total. The summed E-state index contributed by atoms with van der Waals surface area (Å²) in [5, 5.41) is 13.9. The van der Waals surface area contributed by atoms with Crippen LogP contribution in [0.5, 0.6) is 0 Å². The summed E-state index contributed by atoms with van der Waals surface area (Å²) in [7, 11) is 0. The van der Waals surface area contributed by atoms with E-state index in [1.165, 1.54) is 31.4 Å². The molecule has 4 aliphatic rings. The van der Waals surface area contributed by atoms with Crippen LogP contribution >= 0.6 is 0 Å². The summed E-state index contributed by atoms with van der Waals surface area (Å²) >= 11 is 0. The molecule has 29 heavy (non-hydrogen) atoms. The van der Waals surface area contributed by atoms with Crippen molar-refractivity contribution in [1.82, 2.24) is 10.6 Å². The Bertz CT molecular complexity index is 756. The van der Waals surface area contributed by atoms with E-state index in [9.17, 15) is 22.8 Å². The number of Topliss-reactive ketones (excluding diaryl/α,β-unsaturated/α-hetero) is 1. The number of alkyl halides is 3. The largest absolute Gasteiger partial charge is 0.412 e. The minimum atomic E-state index is -4.68. The first kappa shape index (κ1) is 20.2. The molecule has 4 aliphatic carbocycles. The maximum absolute atomic E-state index is 13.6. The van der Waals surface area contributed by atoms with Gasteiger partial charge in [-0.25, -0.2) is 4.79 Å². The molecule has 4 bridgehead atoms. The fraction of sp³-hybridized carbons (Fsp3) is 0.619. The molecule has 5 rings (SSSR count). The zero-order chi connectivity index (χ0) is 20.8. The Morgan fingerprint density at radius 2 is 1.55 bits per heavy atom. The summed E-state index contributed by atoms with van der Waals surface area (Å²) in [6.07, 6.45) is 1.39. The third kappa shape index (κ3) is 4.13. The molecule has 0 aliphatic heterocycles. The number of hydrogen-bond acceptors (Lipinski definition) is 3. The van der Waals surface area contributed by atoms with Crippen LogP contribution in [0.3, 0.4) is 0 Å². The normalized spacial score (nSPS) is 31.4. The number of nitrogens with one attached hydrogen (secondary N) is 2. The number of rotatable bonds is 5. The third-order valence-corrected chi connectivity index (χ3v) is 6.73. The van der Waals surface area contributed by atoms with Gasteiger partial charge >= 0.3 is 12.2 Å². The summed E-state index contributed by atoms with van der Waals surface area (Å²) in [6, 6.07) is 1.80. The highest BCUT2D eigenvalue weighted by molar-refractivity contribution is 5.96. The molecule has 158 valence electrons. The lowest BCUT2D eigenvalue weighted by Crippen LogP contribution is -2.62. The second-order valence-electron chi connectivity index (χ2n) is 8.97. The summed E-state index contributed by atoms with van der Waals surface area (Å²) < 4.78 is 40.9. The van der Waals surface area contributed by atoms with Crippen LogP contribution in [0.25, 0.3) is 0 Å². The van der Waals surface area contributed by atoms with E-state index in [2.05, 4.69) is 10.6 Å². The molecule has 0 saturated heterocycles. The van der Waals surface area contributed by atoms with Crippen molar-refractivity contribution >= 4 is 11.8 Å². The zero-order valence-corrected chi connectivity index (χ0v) is 16.0. The maximum atomic E-state index is 13.6. The molecule has 0 radical (unpaired) electrons. The Labute approximate surface area is 167 Å². The number of halogens is 3. The lowest BCUT2D eigenvalue weighted by molar-refractivity contribution is -0.155. The van der Waals surface area contributed by atoms with Gasteiger partial charge in [-0.15, -0.1) is 0 Å². The minimum absolute atomic E-state index is 0.121. The van der Waals surface area contributed by atoms with Gasteiger partial charge in [0.2, 0.25) is 0 Å². The van der Waals surface area contributed by atoms with Crippen LogP contribution in [0.4, 0.5) is 18.0 Å². The molecule has 8 heteroatoms. The number of amides is 2. The van der Waals surface area contributed by atoms with E-state index in [1.807, 2.05) is 0 Å². The smallest absolute Gasteiger partial charge is 0.388 e. The molecule has 0 heterocycles. The number of hydrogen-bond donors (Lipinski definition) is 3. The van der Waals surface area contributed by atoms with Crippen LogP contribution in [0, 0.1) is 17.8 Å². The van der Waals surface area contributed by atoms with E-state index in [4.69, 9.17) is 5.11 Å². The van der Waals surface area contributed by atoms with Crippen molar-refractivity contribution in [2.45, 2.75) is 56.3 Å². The molecule has 1 aromatic carbocycles. The van der Waals surface area contributed by atoms with E-state index in [-0.39, 0.29) is 16.7 Å². The quantitative estimate of drug-likeness (QED) is 0.648. The predicted molar refractivity (Wildman–Crippen MR) is 99.2 cm³/mol. The van der Waals surface area contributed by atoms with Crippen molar-refractivity contribution in [2.75, 3.05) is 6.61 Å². The number of aliphatic hydroxyl groups excluding tert-OH is 1. The van der Waals surface area contributed by atoms with Crippen LogP contribution in [-0.4, -0.2) is 35.2 Å². The first-order chi connectivity index (χ1) is 13.7. The van der Waals surface area contributed by atoms with Gasteiger partial charge in [-0.2, -0.15) is 13.2 Å². The molecule has 2 amide bonds. The summed E-state index contributed by atoms with van der Waals surface area (Å²) in [6.45, 7) is -0.715. The average Bonchev–Trinajstić information content (AvgIpc) is 2.63. The van der Waals surface area contributed by atoms with Gasteiger partial charge in [0.1, 0.15) is 6.61 Å². The zero-order valence-electron chi connectivity index (χ0n) is 16.0. The molecule has 0 spiro atoms. The van der Waals surface area contributed by atoms with Crippen LogP contribution in [0.15, 0.2) is 24.3 Å². The molecule has 4 saturated carbocycles. The predicted octanol–water partition coefficient (Wildman–Crippen LogP) is 3.73. The molecule has 4 fully saturated rings. The van der Waals surface area contributed by atoms with Crippen LogP contribution in [0.2, 0.25) is 0 Å². The molecule has 1 aromatic rings. The molecule has 0 unspecified atom stereocenters. The Morgan fingerprint density at radius 3 is 2.00 bits per heavy atom. The van der Waals surface area contributed by atoms with Gasteiger partial charge in [0.05, 0.1) is 0 Å². The highest BCUT2D eigenvalue weighted by Gasteiger charge is 2.52. The lowest BCUT2D eigenvalue weighted by atomic mass is 9.53. The summed E-state index contributed by atoms with van der Waals surface area (Å²) in [5.41, 5.74) is -0.422. The Kier molecular flexibility index (Phi) is 5.09. The number of ketones is 1. The number of urea groups is 1. The van der Waals surface area contributed by atoms with Gasteiger partial charge in [0.25, 0.3) is 0 Å². The SMILES string of the molecule is O=C(N[C@H](c1ccc(C(=O)CO)cc1)C(F)(F)F)NC12CC3CC(CC(C3)C1)C2. The minimum Gasteiger partial charge on any atom is -0.388 e. The van der Waals surface area contributed by atoms with Crippen molar-refractivity contribution in [3.05, 3.63) is 35.4 Å². The number of aliphatic hydroxyl groups is 1. The van der Waals surface area contributed by atoms with E-state index in [0.29, 0.717) is 17.8 Å². The Balaban J connectivity index is 1.47. The van der Waals surface area contributed by atoms with Gasteiger partial charge in [0.15, 0.2) is 11.8 Å². The van der Waals surface area contributed by atoms with Crippen molar-refractivity contribution in [3.63, 3.8) is 0 Å². The highest BCUT2D eigenvalue weighted by Crippen LogP contribution is 2.55. The van der Waals surface area contributed by atoms with E-state index in [1.54, 1.807) is 0 Å². The second kappa shape index (κ2) is 7.31. The highest BCUT2D eigenvalue weighted by atomic mass is 19.4. The fourth-order valence-electron chi connectivity index (χ4n) is 5.98. The molecule has 0 aromatic heterocycles. The summed E-state index contributed by atoms with van der Waals surface area (Å²) in [5.74, 6) is 1.12. The second-order valence-corrected chi connectivity index (χ2v) is 8.97. The molecule has 1 atom stereocenters. The maximum Gasteiger partial charge on any atom is 0.412 e. The first-order valence-corrected chi connectivity index (χ1v) is 10.1. The summed E-state index contributed by atoms with van der Waals surface area (Å²) in [4.78, 5) is 24.0. The third-order valence-electron chi connectivity index (χ3n) is 6.73. The van der Waals surface area contributed by atoms with Crippen LogP contribution in [-0.2, 0) is 0 Å². The number of carbonyl (C=O) groups excluding carboxylic acids is 2. The van der Waals surface area contributed by atoms with Gasteiger partial charge in [0, 0.05) is 11.1 Å².